The Balaban J connectivity index is 1.42. The van der Waals surface area contributed by atoms with Gasteiger partial charge < -0.3 is 15.5 Å². The normalized spacial score (nSPS) is 18.1. The predicted molar refractivity (Wildman–Crippen MR) is 117 cm³/mol. The van der Waals surface area contributed by atoms with Crippen LogP contribution in [0.3, 0.4) is 0 Å². The van der Waals surface area contributed by atoms with Gasteiger partial charge >= 0.3 is 0 Å². The van der Waals surface area contributed by atoms with Crippen molar-refractivity contribution in [2.45, 2.75) is 19.8 Å². The van der Waals surface area contributed by atoms with Gasteiger partial charge in [-0.25, -0.2) is 4.39 Å². The number of unbranched alkanes of at least 4 members (excludes halogenated alkanes) is 1. The van der Waals surface area contributed by atoms with Gasteiger partial charge in [0.25, 0.3) is 5.91 Å². The Hall–Kier alpha value is -2.86. The molecule has 0 radical (unpaired) electrons. The Labute approximate surface area is 171 Å². The third-order valence-electron chi connectivity index (χ3n) is 5.58. The van der Waals surface area contributed by atoms with Gasteiger partial charge in [0.05, 0.1) is 11.3 Å². The fourth-order valence-electron chi connectivity index (χ4n) is 3.88. The molecule has 1 fully saturated rings. The van der Waals surface area contributed by atoms with Crippen molar-refractivity contribution in [2.24, 2.45) is 0 Å². The number of hydrogen-bond donors (Lipinski definition) is 2. The summed E-state index contributed by atoms with van der Waals surface area (Å²) >= 11 is 0. The number of amides is 1. The standard InChI is InChI=1S/C23H27FN4O/c1-2-3-10-27-11-13-28(14-12-27)22-9-8-17(15-20(22)24)25-16-19-18-6-4-5-7-21(18)26-23(19)29/h4-9,15-16,25H,2-3,10-14H2,1H3,(H,26,29). The van der Waals surface area contributed by atoms with E-state index in [1.54, 1.807) is 6.20 Å². The number of nitrogens with one attached hydrogen (secondary N) is 2. The quantitative estimate of drug-likeness (QED) is 0.723. The van der Waals surface area contributed by atoms with Crippen LogP contribution in [0.5, 0.6) is 0 Å². The van der Waals surface area contributed by atoms with E-state index < -0.39 is 0 Å². The molecule has 0 atom stereocenters. The maximum Gasteiger partial charge on any atom is 0.257 e. The highest BCUT2D eigenvalue weighted by Crippen LogP contribution is 2.31. The summed E-state index contributed by atoms with van der Waals surface area (Å²) in [5, 5.41) is 5.90. The van der Waals surface area contributed by atoms with Crippen molar-refractivity contribution in [3.05, 3.63) is 60.0 Å². The maximum absolute atomic E-state index is 14.8. The summed E-state index contributed by atoms with van der Waals surface area (Å²) in [4.78, 5) is 16.7. The molecule has 0 aliphatic carbocycles. The first-order valence-electron chi connectivity index (χ1n) is 10.3. The Bertz CT molecular complexity index is 919. The summed E-state index contributed by atoms with van der Waals surface area (Å²) in [6.45, 7) is 6.96. The average molecular weight is 394 g/mol. The van der Waals surface area contributed by atoms with Crippen LogP contribution in [0.2, 0.25) is 0 Å². The second kappa shape index (κ2) is 8.66. The molecule has 0 unspecified atom stereocenters. The fraction of sp³-hybridized carbons (Fsp3) is 0.348. The van der Waals surface area contributed by atoms with E-state index in [1.807, 2.05) is 36.4 Å². The SMILES string of the molecule is CCCCN1CCN(c2ccc(NC=C3C(=O)Nc4ccccc43)cc2F)CC1. The number of halogens is 1. The molecule has 2 N–H and O–H groups in total. The molecule has 152 valence electrons. The molecule has 0 bridgehead atoms. The number of carbonyl (C=O) groups is 1. The van der Waals surface area contributed by atoms with Crippen molar-refractivity contribution in [2.75, 3.05) is 48.3 Å². The Kier molecular flexibility index (Phi) is 5.81. The van der Waals surface area contributed by atoms with E-state index >= 15 is 0 Å². The van der Waals surface area contributed by atoms with Gasteiger partial charge in [0, 0.05) is 49.3 Å². The molecule has 0 aromatic heterocycles. The second-order valence-electron chi connectivity index (χ2n) is 7.55. The minimum Gasteiger partial charge on any atom is -0.367 e. The first-order chi connectivity index (χ1) is 14.2. The van der Waals surface area contributed by atoms with Gasteiger partial charge in [-0.3, -0.25) is 9.69 Å². The van der Waals surface area contributed by atoms with E-state index in [0.29, 0.717) is 16.9 Å². The van der Waals surface area contributed by atoms with Gasteiger partial charge in [0.1, 0.15) is 5.82 Å². The summed E-state index contributed by atoms with van der Waals surface area (Å²) in [5.74, 6) is -0.400. The molecule has 2 aliphatic heterocycles. The van der Waals surface area contributed by atoms with Crippen molar-refractivity contribution < 1.29 is 9.18 Å². The van der Waals surface area contributed by atoms with Crippen LogP contribution in [0.1, 0.15) is 25.3 Å². The molecular formula is C23H27FN4O. The number of rotatable bonds is 6. The van der Waals surface area contributed by atoms with Crippen molar-refractivity contribution in [1.82, 2.24) is 4.90 Å². The van der Waals surface area contributed by atoms with Crippen molar-refractivity contribution >= 4 is 28.5 Å². The van der Waals surface area contributed by atoms with Crippen molar-refractivity contribution in [1.29, 1.82) is 0 Å². The number of anilines is 3. The van der Waals surface area contributed by atoms with Gasteiger partial charge in [0.15, 0.2) is 0 Å². The molecule has 2 heterocycles. The number of nitrogens with zero attached hydrogens (tertiary/aromatic N) is 2. The Morgan fingerprint density at radius 1 is 1.14 bits per heavy atom. The second-order valence-corrected chi connectivity index (χ2v) is 7.55. The van der Waals surface area contributed by atoms with Gasteiger partial charge in [-0.1, -0.05) is 31.5 Å². The lowest BCUT2D eigenvalue weighted by Crippen LogP contribution is -2.46. The summed E-state index contributed by atoms with van der Waals surface area (Å²) in [7, 11) is 0. The molecule has 6 heteroatoms. The van der Waals surface area contributed by atoms with E-state index in [9.17, 15) is 9.18 Å². The monoisotopic (exact) mass is 394 g/mol. The largest absolute Gasteiger partial charge is 0.367 e. The van der Waals surface area contributed by atoms with Crippen LogP contribution in [-0.4, -0.2) is 43.5 Å². The Morgan fingerprint density at radius 3 is 2.69 bits per heavy atom. The molecule has 2 aromatic rings. The summed E-state index contributed by atoms with van der Waals surface area (Å²) in [6.07, 6.45) is 4.06. The van der Waals surface area contributed by atoms with E-state index in [1.165, 1.54) is 18.9 Å². The lowest BCUT2D eigenvalue weighted by atomic mass is 10.1. The number of para-hydroxylation sites is 1. The number of piperazine rings is 1. The fourth-order valence-corrected chi connectivity index (χ4v) is 3.88. The topological polar surface area (TPSA) is 47.6 Å². The first kappa shape index (κ1) is 19.5. The van der Waals surface area contributed by atoms with Crippen molar-refractivity contribution in [3.63, 3.8) is 0 Å². The zero-order valence-electron chi connectivity index (χ0n) is 16.7. The van der Waals surface area contributed by atoms with Crippen LogP contribution in [0.15, 0.2) is 48.7 Å². The van der Waals surface area contributed by atoms with Crippen LogP contribution < -0.4 is 15.5 Å². The summed E-state index contributed by atoms with van der Waals surface area (Å²) in [5.41, 5.74) is 3.46. The molecular weight excluding hydrogens is 367 g/mol. The van der Waals surface area contributed by atoms with Gasteiger partial charge in [-0.15, -0.1) is 0 Å². The van der Waals surface area contributed by atoms with Gasteiger partial charge in [0.2, 0.25) is 0 Å². The predicted octanol–water partition coefficient (Wildman–Crippen LogP) is 4.15. The molecule has 2 aromatic carbocycles. The number of fused-ring (bicyclic) bond motifs is 1. The molecule has 29 heavy (non-hydrogen) atoms. The van der Waals surface area contributed by atoms with Crippen LogP contribution >= 0.6 is 0 Å². The Morgan fingerprint density at radius 2 is 1.93 bits per heavy atom. The van der Waals surface area contributed by atoms with E-state index in [2.05, 4.69) is 27.4 Å². The van der Waals surface area contributed by atoms with Crippen molar-refractivity contribution in [3.8, 4) is 0 Å². The van der Waals surface area contributed by atoms with Crippen LogP contribution in [0.25, 0.3) is 5.57 Å². The highest BCUT2D eigenvalue weighted by atomic mass is 19.1. The van der Waals surface area contributed by atoms with E-state index in [-0.39, 0.29) is 11.7 Å². The minimum atomic E-state index is -0.244. The van der Waals surface area contributed by atoms with Gasteiger partial charge in [-0.2, -0.15) is 0 Å². The molecule has 0 saturated carbocycles. The molecule has 1 saturated heterocycles. The molecule has 4 rings (SSSR count). The third-order valence-corrected chi connectivity index (χ3v) is 5.58. The highest BCUT2D eigenvalue weighted by Gasteiger charge is 2.23. The van der Waals surface area contributed by atoms with E-state index in [4.69, 9.17) is 0 Å². The number of hydrogen-bond acceptors (Lipinski definition) is 4. The highest BCUT2D eigenvalue weighted by molar-refractivity contribution is 6.31. The minimum absolute atomic E-state index is 0.156. The molecule has 2 aliphatic rings. The first-order valence-corrected chi connectivity index (χ1v) is 10.3. The number of carbonyl (C=O) groups excluding carboxylic acids is 1. The molecule has 5 nitrogen and oxygen atoms in total. The van der Waals surface area contributed by atoms with Gasteiger partial charge in [-0.05, 0) is 37.2 Å². The molecule has 1 amide bonds. The van der Waals surface area contributed by atoms with Crippen LogP contribution in [0.4, 0.5) is 21.5 Å². The number of benzene rings is 2. The third kappa shape index (κ3) is 4.27. The average Bonchev–Trinajstić information content (AvgIpc) is 3.06. The van der Waals surface area contributed by atoms with E-state index in [0.717, 1.165) is 44.0 Å². The smallest absolute Gasteiger partial charge is 0.257 e. The maximum atomic E-state index is 14.8. The zero-order chi connectivity index (χ0) is 20.2. The summed E-state index contributed by atoms with van der Waals surface area (Å²) < 4.78 is 14.8. The van der Waals surface area contributed by atoms with Crippen LogP contribution in [-0.2, 0) is 4.79 Å². The summed E-state index contributed by atoms with van der Waals surface area (Å²) in [6, 6.07) is 12.7. The lowest BCUT2D eigenvalue weighted by molar-refractivity contribution is -0.110. The molecule has 0 spiro atoms. The lowest BCUT2D eigenvalue weighted by Gasteiger charge is -2.36. The zero-order valence-corrected chi connectivity index (χ0v) is 16.7. The van der Waals surface area contributed by atoms with Crippen LogP contribution in [0, 0.1) is 5.82 Å².